The predicted octanol–water partition coefficient (Wildman–Crippen LogP) is 4.06. The van der Waals surface area contributed by atoms with E-state index in [1.165, 1.54) is 0 Å². The Morgan fingerprint density at radius 2 is 0.871 bits per heavy atom. The van der Waals surface area contributed by atoms with E-state index in [-0.39, 0.29) is 26.4 Å². The minimum atomic E-state index is -0.486. The summed E-state index contributed by atoms with van der Waals surface area (Å²) in [5.74, 6) is -0.972. The zero-order valence-corrected chi connectivity index (χ0v) is 18.4. The van der Waals surface area contributed by atoms with Gasteiger partial charge in [0.2, 0.25) is 0 Å². The molecule has 0 atom stereocenters. The summed E-state index contributed by atoms with van der Waals surface area (Å²) in [7, 11) is 0. The molecule has 0 heterocycles. The van der Waals surface area contributed by atoms with Crippen LogP contribution in [0.25, 0.3) is 0 Å². The lowest BCUT2D eigenvalue weighted by Gasteiger charge is -2.09. The van der Waals surface area contributed by atoms with Gasteiger partial charge in [-0.05, 0) is 24.3 Å². The molecule has 2 rings (SSSR count). The van der Waals surface area contributed by atoms with E-state index in [1.54, 1.807) is 48.5 Å². The monoisotopic (exact) mass is 470 g/mol. The highest BCUT2D eigenvalue weighted by Crippen LogP contribution is 2.16. The number of esters is 2. The SMILES string of the molecule is O=C(OCCOCCOCCOCCOC(=O)c1ccccc1Cl)c1ccccc1Cl. The lowest BCUT2D eigenvalue weighted by molar-refractivity contribution is -0.00674. The maximum Gasteiger partial charge on any atom is 0.339 e. The fraction of sp³-hybridized carbons (Fsp3) is 0.364. The van der Waals surface area contributed by atoms with Crippen LogP contribution in [0.3, 0.4) is 0 Å². The zero-order chi connectivity index (χ0) is 22.3. The van der Waals surface area contributed by atoms with E-state index >= 15 is 0 Å². The van der Waals surface area contributed by atoms with Crippen molar-refractivity contribution in [1.82, 2.24) is 0 Å². The highest BCUT2D eigenvalue weighted by atomic mass is 35.5. The van der Waals surface area contributed by atoms with Crippen LogP contribution in [0, 0.1) is 0 Å². The molecule has 0 bridgehead atoms. The molecule has 0 spiro atoms. The quantitative estimate of drug-likeness (QED) is 0.304. The highest BCUT2D eigenvalue weighted by Gasteiger charge is 2.11. The lowest BCUT2D eigenvalue weighted by Crippen LogP contribution is -2.15. The minimum absolute atomic E-state index is 0.125. The number of carbonyl (C=O) groups is 2. The average Bonchev–Trinajstić information content (AvgIpc) is 2.77. The standard InChI is InChI=1S/C22H24Cl2O7/c23-19-7-3-1-5-17(19)21(25)30-15-13-28-11-9-27-10-12-29-14-16-31-22(26)18-6-2-4-8-20(18)24/h1-8H,9-16H2. The van der Waals surface area contributed by atoms with E-state index in [1.807, 2.05) is 0 Å². The van der Waals surface area contributed by atoms with E-state index < -0.39 is 11.9 Å². The first-order valence-electron chi connectivity index (χ1n) is 9.66. The van der Waals surface area contributed by atoms with Crippen molar-refractivity contribution >= 4 is 35.1 Å². The molecule has 0 aliphatic rings. The van der Waals surface area contributed by atoms with Gasteiger partial charge in [0, 0.05) is 0 Å². The van der Waals surface area contributed by atoms with E-state index in [9.17, 15) is 9.59 Å². The summed E-state index contributed by atoms with van der Waals surface area (Å²) in [5, 5.41) is 0.700. The molecule has 0 aromatic heterocycles. The molecule has 0 fully saturated rings. The van der Waals surface area contributed by atoms with Crippen LogP contribution < -0.4 is 0 Å². The third-order valence-electron chi connectivity index (χ3n) is 3.85. The van der Waals surface area contributed by atoms with Crippen LogP contribution in [0.2, 0.25) is 10.0 Å². The molecule has 0 N–H and O–H groups in total. The normalized spacial score (nSPS) is 10.6. The summed E-state index contributed by atoms with van der Waals surface area (Å²) < 4.78 is 26.2. The Hall–Kier alpha value is -2.16. The van der Waals surface area contributed by atoms with E-state index in [4.69, 9.17) is 46.9 Å². The molecule has 2 aromatic carbocycles. The van der Waals surface area contributed by atoms with Crippen LogP contribution in [0.1, 0.15) is 20.7 Å². The molecule has 0 aliphatic heterocycles. The first-order chi connectivity index (χ1) is 15.1. The van der Waals surface area contributed by atoms with Gasteiger partial charge < -0.3 is 23.7 Å². The van der Waals surface area contributed by atoms with Crippen molar-refractivity contribution in [3.8, 4) is 0 Å². The molecule has 9 heteroatoms. The third-order valence-corrected chi connectivity index (χ3v) is 4.51. The second kappa shape index (κ2) is 14.8. The summed E-state index contributed by atoms with van der Waals surface area (Å²) >= 11 is 11.9. The molecular weight excluding hydrogens is 447 g/mol. The predicted molar refractivity (Wildman–Crippen MR) is 116 cm³/mol. The molecule has 168 valence electrons. The largest absolute Gasteiger partial charge is 0.460 e. The second-order valence-corrected chi connectivity index (χ2v) is 6.88. The topological polar surface area (TPSA) is 80.3 Å². The summed E-state index contributed by atoms with van der Waals surface area (Å²) in [4.78, 5) is 23.7. The Bertz CT molecular complexity index is 762. The van der Waals surface area contributed by atoms with Crippen LogP contribution in [0.15, 0.2) is 48.5 Å². The molecule has 31 heavy (non-hydrogen) atoms. The van der Waals surface area contributed by atoms with E-state index in [0.717, 1.165) is 0 Å². The number of halogens is 2. The van der Waals surface area contributed by atoms with Crippen molar-refractivity contribution < 1.29 is 33.3 Å². The van der Waals surface area contributed by atoms with Crippen molar-refractivity contribution in [2.45, 2.75) is 0 Å². The molecule has 0 unspecified atom stereocenters. The van der Waals surface area contributed by atoms with Gasteiger partial charge in [-0.1, -0.05) is 47.5 Å². The van der Waals surface area contributed by atoms with Gasteiger partial charge in [0.1, 0.15) is 13.2 Å². The first-order valence-corrected chi connectivity index (χ1v) is 10.4. The average molecular weight is 471 g/mol. The van der Waals surface area contributed by atoms with Crippen LogP contribution in [0.4, 0.5) is 0 Å². The molecule has 0 amide bonds. The van der Waals surface area contributed by atoms with Crippen molar-refractivity contribution in [2.24, 2.45) is 0 Å². The number of rotatable bonds is 14. The Balaban J connectivity index is 1.38. The van der Waals surface area contributed by atoms with Crippen LogP contribution in [-0.4, -0.2) is 64.8 Å². The van der Waals surface area contributed by atoms with E-state index in [0.29, 0.717) is 47.6 Å². The summed E-state index contributed by atoms with van der Waals surface area (Å²) in [6, 6.07) is 13.4. The van der Waals surface area contributed by atoms with Crippen molar-refractivity contribution in [3.05, 3.63) is 69.7 Å². The van der Waals surface area contributed by atoms with Crippen molar-refractivity contribution in [1.29, 1.82) is 0 Å². The van der Waals surface area contributed by atoms with Gasteiger partial charge in [-0.3, -0.25) is 0 Å². The van der Waals surface area contributed by atoms with E-state index in [2.05, 4.69) is 0 Å². The first kappa shape index (κ1) is 25.1. The fourth-order valence-corrected chi connectivity index (χ4v) is 2.76. The van der Waals surface area contributed by atoms with Crippen LogP contribution in [-0.2, 0) is 23.7 Å². The summed E-state index contributed by atoms with van der Waals surface area (Å²) in [6.07, 6.45) is 0. The van der Waals surface area contributed by atoms with Gasteiger partial charge in [-0.15, -0.1) is 0 Å². The van der Waals surface area contributed by atoms with Crippen molar-refractivity contribution in [2.75, 3.05) is 52.9 Å². The van der Waals surface area contributed by atoms with Crippen molar-refractivity contribution in [3.63, 3.8) is 0 Å². The van der Waals surface area contributed by atoms with Crippen LogP contribution >= 0.6 is 23.2 Å². The maximum absolute atomic E-state index is 11.8. The van der Waals surface area contributed by atoms with Gasteiger partial charge in [-0.25, -0.2) is 9.59 Å². The maximum atomic E-state index is 11.8. The number of benzene rings is 2. The minimum Gasteiger partial charge on any atom is -0.460 e. The molecule has 0 saturated carbocycles. The van der Waals surface area contributed by atoms with Crippen LogP contribution in [0.5, 0.6) is 0 Å². The Kier molecular flexibility index (Phi) is 12.0. The third kappa shape index (κ3) is 9.67. The van der Waals surface area contributed by atoms with Gasteiger partial charge in [0.25, 0.3) is 0 Å². The molecule has 0 aliphatic carbocycles. The molecule has 0 saturated heterocycles. The Labute approximate surface area is 191 Å². The zero-order valence-electron chi connectivity index (χ0n) is 16.9. The highest BCUT2D eigenvalue weighted by molar-refractivity contribution is 6.33. The van der Waals surface area contributed by atoms with Gasteiger partial charge >= 0.3 is 11.9 Å². The molecular formula is C22H24Cl2O7. The smallest absolute Gasteiger partial charge is 0.339 e. The Morgan fingerprint density at radius 3 is 1.23 bits per heavy atom. The fourth-order valence-electron chi connectivity index (χ4n) is 2.34. The number of hydrogen-bond acceptors (Lipinski definition) is 7. The Morgan fingerprint density at radius 1 is 0.548 bits per heavy atom. The van der Waals surface area contributed by atoms with Gasteiger partial charge in [0.05, 0.1) is 60.8 Å². The summed E-state index contributed by atoms with van der Waals surface area (Å²) in [6.45, 7) is 2.24. The molecule has 2 aromatic rings. The second-order valence-electron chi connectivity index (χ2n) is 6.07. The summed E-state index contributed by atoms with van der Waals surface area (Å²) in [5.41, 5.74) is 0.650. The number of hydrogen-bond donors (Lipinski definition) is 0. The lowest BCUT2D eigenvalue weighted by atomic mass is 10.2. The number of ether oxygens (including phenoxy) is 5. The van der Waals surface area contributed by atoms with Gasteiger partial charge in [0.15, 0.2) is 0 Å². The molecule has 0 radical (unpaired) electrons. The molecule has 7 nitrogen and oxygen atoms in total. The number of carbonyl (C=O) groups excluding carboxylic acids is 2. The van der Waals surface area contributed by atoms with Gasteiger partial charge in [-0.2, -0.15) is 0 Å².